The maximum absolute atomic E-state index is 10.7. The Morgan fingerprint density at radius 3 is 2.42 bits per heavy atom. The van der Waals surface area contributed by atoms with Crippen LogP contribution in [0.15, 0.2) is 29.7 Å². The normalized spacial score (nSPS) is 13.5. The number of rotatable bonds is 2. The number of halogens is 1. The van der Waals surface area contributed by atoms with E-state index in [-0.39, 0.29) is 0 Å². The van der Waals surface area contributed by atoms with Gasteiger partial charge in [0, 0.05) is 27.5 Å². The fourth-order valence-corrected chi connectivity index (χ4v) is 1.22. The van der Waals surface area contributed by atoms with Gasteiger partial charge in [-0.2, -0.15) is 0 Å². The topological polar surface area (TPSA) is 17.1 Å². The summed E-state index contributed by atoms with van der Waals surface area (Å²) in [7, 11) is -0.885. The average Bonchev–Trinajstić information content (AvgIpc) is 2.03. The van der Waals surface area contributed by atoms with Crippen LogP contribution in [0.2, 0.25) is 5.02 Å². The second-order valence-corrected chi connectivity index (χ2v) is 4.06. The molecule has 1 nitrogen and oxygen atoms in total. The van der Waals surface area contributed by atoms with Crippen molar-refractivity contribution in [2.75, 3.05) is 6.26 Å². The molecule has 12 heavy (non-hydrogen) atoms. The smallest absolute Gasteiger partial charge is 0.0424 e. The molecular formula is C9H9ClOS. The molecule has 64 valence electrons. The lowest BCUT2D eigenvalue weighted by Crippen LogP contribution is -1.75. The zero-order valence-corrected chi connectivity index (χ0v) is 8.23. The van der Waals surface area contributed by atoms with E-state index >= 15 is 0 Å². The van der Waals surface area contributed by atoms with E-state index in [1.54, 1.807) is 23.8 Å². The van der Waals surface area contributed by atoms with E-state index in [1.807, 2.05) is 18.2 Å². The number of hydrogen-bond donors (Lipinski definition) is 0. The van der Waals surface area contributed by atoms with Crippen LogP contribution in [0.3, 0.4) is 0 Å². The molecule has 0 saturated heterocycles. The van der Waals surface area contributed by atoms with Crippen LogP contribution in [0.1, 0.15) is 5.56 Å². The molecule has 0 aliphatic heterocycles. The molecule has 3 heteroatoms. The highest BCUT2D eigenvalue weighted by Crippen LogP contribution is 2.10. The molecule has 0 aliphatic carbocycles. The van der Waals surface area contributed by atoms with Crippen molar-refractivity contribution in [3.63, 3.8) is 0 Å². The highest BCUT2D eigenvalue weighted by molar-refractivity contribution is 7.87. The largest absolute Gasteiger partial charge is 0.255 e. The Labute approximate surface area is 79.5 Å². The van der Waals surface area contributed by atoms with E-state index in [9.17, 15) is 4.21 Å². The SMILES string of the molecule is CS(=O)/C=C\c1ccc(Cl)cc1. The van der Waals surface area contributed by atoms with Crippen LogP contribution in [0.25, 0.3) is 6.08 Å². The fraction of sp³-hybridized carbons (Fsp3) is 0.111. The van der Waals surface area contributed by atoms with Crippen molar-refractivity contribution in [3.05, 3.63) is 40.3 Å². The van der Waals surface area contributed by atoms with Gasteiger partial charge in [0.25, 0.3) is 0 Å². The summed E-state index contributed by atoms with van der Waals surface area (Å²) in [5, 5.41) is 2.35. The van der Waals surface area contributed by atoms with Crippen LogP contribution in [0, 0.1) is 0 Å². The highest BCUT2D eigenvalue weighted by Gasteiger charge is 1.87. The molecule has 1 unspecified atom stereocenters. The van der Waals surface area contributed by atoms with E-state index in [0.717, 1.165) is 5.56 Å². The third kappa shape index (κ3) is 3.20. The maximum Gasteiger partial charge on any atom is 0.0424 e. The van der Waals surface area contributed by atoms with Gasteiger partial charge >= 0.3 is 0 Å². The quantitative estimate of drug-likeness (QED) is 0.718. The summed E-state index contributed by atoms with van der Waals surface area (Å²) in [6, 6.07) is 7.37. The van der Waals surface area contributed by atoms with Crippen LogP contribution in [0.5, 0.6) is 0 Å². The van der Waals surface area contributed by atoms with E-state index in [2.05, 4.69) is 0 Å². The monoisotopic (exact) mass is 200 g/mol. The second kappa shape index (κ2) is 4.43. The third-order valence-corrected chi connectivity index (χ3v) is 2.09. The molecule has 0 bridgehead atoms. The lowest BCUT2D eigenvalue weighted by Gasteiger charge is -1.91. The van der Waals surface area contributed by atoms with Gasteiger partial charge in [-0.3, -0.25) is 4.21 Å². The van der Waals surface area contributed by atoms with Crippen LogP contribution < -0.4 is 0 Å². The van der Waals surface area contributed by atoms with Crippen LogP contribution in [-0.2, 0) is 10.8 Å². The average molecular weight is 201 g/mol. The van der Waals surface area contributed by atoms with Crippen molar-refractivity contribution in [3.8, 4) is 0 Å². The molecule has 0 radical (unpaired) electrons. The number of hydrogen-bond acceptors (Lipinski definition) is 1. The first-order chi connectivity index (χ1) is 5.68. The molecule has 0 fully saturated rings. The highest BCUT2D eigenvalue weighted by atomic mass is 35.5. The van der Waals surface area contributed by atoms with E-state index in [4.69, 9.17) is 11.6 Å². The van der Waals surface area contributed by atoms with Crippen LogP contribution >= 0.6 is 11.6 Å². The van der Waals surface area contributed by atoms with Gasteiger partial charge in [0.1, 0.15) is 0 Å². The molecule has 0 saturated carbocycles. The van der Waals surface area contributed by atoms with Crippen molar-refractivity contribution in [1.82, 2.24) is 0 Å². The first kappa shape index (κ1) is 9.49. The molecule has 0 spiro atoms. The van der Waals surface area contributed by atoms with Crippen molar-refractivity contribution in [2.45, 2.75) is 0 Å². The summed E-state index contributed by atoms with van der Waals surface area (Å²) in [6.07, 6.45) is 3.44. The van der Waals surface area contributed by atoms with Crippen molar-refractivity contribution < 1.29 is 4.21 Å². The van der Waals surface area contributed by atoms with Crippen molar-refractivity contribution in [2.24, 2.45) is 0 Å². The molecular weight excluding hydrogens is 192 g/mol. The molecule has 0 heterocycles. The van der Waals surface area contributed by atoms with E-state index in [1.165, 1.54) is 0 Å². The Hall–Kier alpha value is -0.600. The molecule has 0 amide bonds. The molecule has 0 N–H and O–H groups in total. The van der Waals surface area contributed by atoms with E-state index in [0.29, 0.717) is 5.02 Å². The van der Waals surface area contributed by atoms with Crippen LogP contribution in [-0.4, -0.2) is 10.5 Å². The molecule has 1 rings (SSSR count). The summed E-state index contributed by atoms with van der Waals surface area (Å²) in [6.45, 7) is 0. The Kier molecular flexibility index (Phi) is 3.50. The van der Waals surface area contributed by atoms with Crippen molar-refractivity contribution >= 4 is 28.5 Å². The first-order valence-electron chi connectivity index (χ1n) is 3.44. The Morgan fingerprint density at radius 2 is 1.92 bits per heavy atom. The minimum Gasteiger partial charge on any atom is -0.255 e. The Morgan fingerprint density at radius 1 is 1.33 bits per heavy atom. The zero-order chi connectivity index (χ0) is 8.97. The predicted octanol–water partition coefficient (Wildman–Crippen LogP) is 2.69. The second-order valence-electron chi connectivity index (χ2n) is 2.35. The fourth-order valence-electron chi connectivity index (χ4n) is 0.748. The van der Waals surface area contributed by atoms with Gasteiger partial charge in [-0.15, -0.1) is 0 Å². The Balaban J connectivity index is 2.77. The van der Waals surface area contributed by atoms with Gasteiger partial charge < -0.3 is 0 Å². The summed E-state index contributed by atoms with van der Waals surface area (Å²) >= 11 is 5.69. The van der Waals surface area contributed by atoms with Gasteiger partial charge in [-0.05, 0) is 23.8 Å². The van der Waals surface area contributed by atoms with E-state index < -0.39 is 10.8 Å². The van der Waals surface area contributed by atoms with Crippen molar-refractivity contribution in [1.29, 1.82) is 0 Å². The Bertz CT molecular complexity index is 303. The van der Waals surface area contributed by atoms with Gasteiger partial charge in [-0.1, -0.05) is 23.7 Å². The van der Waals surface area contributed by atoms with Gasteiger partial charge in [-0.25, -0.2) is 0 Å². The lowest BCUT2D eigenvalue weighted by atomic mass is 10.2. The lowest BCUT2D eigenvalue weighted by molar-refractivity contribution is 0.692. The summed E-state index contributed by atoms with van der Waals surface area (Å²) in [5.74, 6) is 0. The predicted molar refractivity (Wildman–Crippen MR) is 54.6 cm³/mol. The molecule has 1 atom stereocenters. The molecule has 1 aromatic rings. The maximum atomic E-state index is 10.7. The standard InChI is InChI=1S/C9H9ClOS/c1-12(11)7-6-8-2-4-9(10)5-3-8/h2-7H,1H3/b7-6-. The number of benzene rings is 1. The summed E-state index contributed by atoms with van der Waals surface area (Å²) < 4.78 is 10.7. The minimum absolute atomic E-state index is 0.713. The van der Waals surface area contributed by atoms with Gasteiger partial charge in [0.2, 0.25) is 0 Å². The summed E-state index contributed by atoms with van der Waals surface area (Å²) in [5.41, 5.74) is 1.01. The van der Waals surface area contributed by atoms with Crippen LogP contribution in [0.4, 0.5) is 0 Å². The molecule has 0 aliphatic rings. The summed E-state index contributed by atoms with van der Waals surface area (Å²) in [4.78, 5) is 0. The molecule has 1 aromatic carbocycles. The minimum atomic E-state index is -0.885. The zero-order valence-electron chi connectivity index (χ0n) is 6.66. The first-order valence-corrected chi connectivity index (χ1v) is 5.44. The van der Waals surface area contributed by atoms with Gasteiger partial charge in [0.05, 0.1) is 0 Å². The van der Waals surface area contributed by atoms with Gasteiger partial charge in [0.15, 0.2) is 0 Å². The third-order valence-electron chi connectivity index (χ3n) is 1.32. The molecule has 0 aromatic heterocycles.